The molecule has 1 atom stereocenters. The largest absolute Gasteiger partial charge is 0.376 e. The number of likely N-dealkylation sites (N-methyl/N-ethyl adjacent to an activating group) is 1. The van der Waals surface area contributed by atoms with Gasteiger partial charge in [0.25, 0.3) is 0 Å². The molecule has 1 saturated heterocycles. The molecule has 0 aliphatic carbocycles. The van der Waals surface area contributed by atoms with Crippen LogP contribution in [0.5, 0.6) is 0 Å². The van der Waals surface area contributed by atoms with E-state index < -0.39 is 0 Å². The van der Waals surface area contributed by atoms with Crippen molar-refractivity contribution in [2.45, 2.75) is 18.9 Å². The fourth-order valence-electron chi connectivity index (χ4n) is 1.37. The first kappa shape index (κ1) is 9.74. The smallest absolute Gasteiger partial charge is 0.168 e. The molecule has 12 heavy (non-hydrogen) atoms. The summed E-state index contributed by atoms with van der Waals surface area (Å²) in [5, 5.41) is 3.72. The lowest BCUT2D eigenvalue weighted by atomic mass is 10.2. The van der Waals surface area contributed by atoms with Gasteiger partial charge in [-0.1, -0.05) is 0 Å². The van der Waals surface area contributed by atoms with Gasteiger partial charge in [0.15, 0.2) is 5.11 Å². The van der Waals surface area contributed by atoms with Crippen LogP contribution in [-0.4, -0.2) is 43.4 Å². The molecular weight excluding hydrogens is 172 g/mol. The predicted molar refractivity (Wildman–Crippen MR) is 53.3 cm³/mol. The van der Waals surface area contributed by atoms with Gasteiger partial charge in [0.05, 0.1) is 6.10 Å². The Morgan fingerprint density at radius 1 is 1.75 bits per heavy atom. The molecule has 70 valence electrons. The van der Waals surface area contributed by atoms with E-state index in [4.69, 9.17) is 17.0 Å². The first-order chi connectivity index (χ1) is 5.74. The summed E-state index contributed by atoms with van der Waals surface area (Å²) in [6.45, 7) is 1.81. The number of rotatable bonds is 2. The van der Waals surface area contributed by atoms with E-state index in [9.17, 15) is 0 Å². The quantitative estimate of drug-likeness (QED) is 0.641. The van der Waals surface area contributed by atoms with Gasteiger partial charge in [-0.15, -0.1) is 0 Å². The maximum absolute atomic E-state index is 5.49. The maximum Gasteiger partial charge on any atom is 0.168 e. The van der Waals surface area contributed by atoms with Crippen LogP contribution in [-0.2, 0) is 4.74 Å². The first-order valence-electron chi connectivity index (χ1n) is 4.28. The summed E-state index contributed by atoms with van der Waals surface area (Å²) in [7, 11) is 3.83. The van der Waals surface area contributed by atoms with Gasteiger partial charge in [-0.25, -0.2) is 0 Å². The van der Waals surface area contributed by atoms with Crippen molar-refractivity contribution in [3.63, 3.8) is 0 Å². The van der Waals surface area contributed by atoms with Crippen LogP contribution in [0.15, 0.2) is 0 Å². The van der Waals surface area contributed by atoms with E-state index in [1.165, 1.54) is 6.42 Å². The molecule has 0 aromatic rings. The maximum atomic E-state index is 5.49. The van der Waals surface area contributed by atoms with E-state index in [2.05, 4.69) is 5.32 Å². The lowest BCUT2D eigenvalue weighted by Crippen LogP contribution is -2.39. The second-order valence-electron chi connectivity index (χ2n) is 3.07. The Morgan fingerprint density at radius 3 is 3.00 bits per heavy atom. The molecule has 0 aromatic heterocycles. The Kier molecular flexibility index (Phi) is 3.75. The van der Waals surface area contributed by atoms with Gasteiger partial charge in [0.1, 0.15) is 0 Å². The summed E-state index contributed by atoms with van der Waals surface area (Å²) in [5.41, 5.74) is 0. The van der Waals surface area contributed by atoms with Crippen LogP contribution in [0.1, 0.15) is 12.8 Å². The molecule has 3 nitrogen and oxygen atoms in total. The van der Waals surface area contributed by atoms with Crippen molar-refractivity contribution in [3.05, 3.63) is 0 Å². The van der Waals surface area contributed by atoms with Crippen LogP contribution in [0, 0.1) is 0 Å². The highest BCUT2D eigenvalue weighted by atomic mass is 32.1. The second kappa shape index (κ2) is 4.62. The van der Waals surface area contributed by atoms with E-state index in [1.807, 2.05) is 19.0 Å². The summed E-state index contributed by atoms with van der Waals surface area (Å²) >= 11 is 5.07. The van der Waals surface area contributed by atoms with Gasteiger partial charge in [-0.05, 0) is 25.1 Å². The third-order valence-corrected chi connectivity index (χ3v) is 2.58. The van der Waals surface area contributed by atoms with Gasteiger partial charge in [-0.2, -0.15) is 0 Å². The average molecular weight is 188 g/mol. The lowest BCUT2D eigenvalue weighted by Gasteiger charge is -2.22. The Labute approximate surface area is 79.1 Å². The molecule has 1 rings (SSSR count). The zero-order valence-electron chi connectivity index (χ0n) is 7.67. The van der Waals surface area contributed by atoms with E-state index in [0.717, 1.165) is 24.7 Å². The molecule has 1 N–H and O–H groups in total. The standard InChI is InChI=1S/C8H16N2OS/c1-9-8(12)10(2)6-7-4-3-5-11-7/h7H,3-6H2,1-2H3,(H,9,12)/t7-/m1/s1. The SMILES string of the molecule is CNC(=S)N(C)C[C@H]1CCCO1. The first-order valence-corrected chi connectivity index (χ1v) is 4.69. The highest BCUT2D eigenvalue weighted by Gasteiger charge is 2.17. The number of thiocarbonyl (C=S) groups is 1. The van der Waals surface area contributed by atoms with Gasteiger partial charge >= 0.3 is 0 Å². The Bertz CT molecular complexity index is 157. The number of nitrogens with one attached hydrogen (secondary N) is 1. The molecule has 0 unspecified atom stereocenters. The third kappa shape index (κ3) is 2.60. The van der Waals surface area contributed by atoms with E-state index in [0.29, 0.717) is 6.10 Å². The van der Waals surface area contributed by atoms with Crippen LogP contribution >= 0.6 is 12.2 Å². The summed E-state index contributed by atoms with van der Waals surface area (Å²) in [4.78, 5) is 2.02. The molecular formula is C8H16N2OS. The topological polar surface area (TPSA) is 24.5 Å². The molecule has 1 heterocycles. The lowest BCUT2D eigenvalue weighted by molar-refractivity contribution is 0.0958. The summed E-state index contributed by atoms with van der Waals surface area (Å²) in [6, 6.07) is 0. The van der Waals surface area contributed by atoms with Crippen LogP contribution in [0.25, 0.3) is 0 Å². The molecule has 0 spiro atoms. The van der Waals surface area contributed by atoms with Gasteiger partial charge in [0, 0.05) is 27.2 Å². The molecule has 4 heteroatoms. The Hall–Kier alpha value is -0.350. The van der Waals surface area contributed by atoms with Crippen molar-refractivity contribution in [2.24, 2.45) is 0 Å². The molecule has 0 amide bonds. The third-order valence-electron chi connectivity index (χ3n) is 2.06. The molecule has 0 aromatic carbocycles. The highest BCUT2D eigenvalue weighted by Crippen LogP contribution is 2.12. The van der Waals surface area contributed by atoms with Gasteiger partial charge in [-0.3, -0.25) is 0 Å². The van der Waals surface area contributed by atoms with Crippen LogP contribution in [0.3, 0.4) is 0 Å². The molecule has 0 bridgehead atoms. The highest BCUT2D eigenvalue weighted by molar-refractivity contribution is 7.80. The normalized spacial score (nSPS) is 22.3. The predicted octanol–water partition coefficient (Wildman–Crippen LogP) is 0.601. The van der Waals surface area contributed by atoms with Crippen molar-refractivity contribution in [3.8, 4) is 0 Å². The Balaban J connectivity index is 2.24. The molecule has 0 saturated carbocycles. The van der Waals surface area contributed by atoms with Crippen LogP contribution in [0.4, 0.5) is 0 Å². The van der Waals surface area contributed by atoms with Crippen molar-refractivity contribution in [1.29, 1.82) is 0 Å². The molecule has 1 fully saturated rings. The van der Waals surface area contributed by atoms with Crippen molar-refractivity contribution in [2.75, 3.05) is 27.2 Å². The number of hydrogen-bond acceptors (Lipinski definition) is 2. The summed E-state index contributed by atoms with van der Waals surface area (Å²) in [6.07, 6.45) is 2.72. The van der Waals surface area contributed by atoms with Crippen LogP contribution in [0.2, 0.25) is 0 Å². The minimum absolute atomic E-state index is 0.376. The fraction of sp³-hybridized carbons (Fsp3) is 0.875. The van der Waals surface area contributed by atoms with Gasteiger partial charge < -0.3 is 15.0 Å². The van der Waals surface area contributed by atoms with Crippen molar-refractivity contribution >= 4 is 17.3 Å². The minimum atomic E-state index is 0.376. The zero-order chi connectivity index (χ0) is 8.97. The summed E-state index contributed by atoms with van der Waals surface area (Å²) < 4.78 is 5.49. The number of hydrogen-bond donors (Lipinski definition) is 1. The monoisotopic (exact) mass is 188 g/mol. The van der Waals surface area contributed by atoms with E-state index in [-0.39, 0.29) is 0 Å². The minimum Gasteiger partial charge on any atom is -0.376 e. The zero-order valence-corrected chi connectivity index (χ0v) is 8.49. The van der Waals surface area contributed by atoms with Crippen molar-refractivity contribution < 1.29 is 4.74 Å². The van der Waals surface area contributed by atoms with Crippen LogP contribution < -0.4 is 5.32 Å². The second-order valence-corrected chi connectivity index (χ2v) is 3.46. The summed E-state index contributed by atoms with van der Waals surface area (Å²) in [5.74, 6) is 0. The molecule has 0 radical (unpaired) electrons. The van der Waals surface area contributed by atoms with Gasteiger partial charge in [0.2, 0.25) is 0 Å². The molecule has 1 aliphatic rings. The number of nitrogens with zero attached hydrogens (tertiary/aromatic N) is 1. The Morgan fingerprint density at radius 2 is 2.50 bits per heavy atom. The van der Waals surface area contributed by atoms with Crippen molar-refractivity contribution in [1.82, 2.24) is 10.2 Å². The molecule has 1 aliphatic heterocycles. The van der Waals surface area contributed by atoms with E-state index >= 15 is 0 Å². The van der Waals surface area contributed by atoms with E-state index in [1.54, 1.807) is 0 Å². The number of ether oxygens (including phenoxy) is 1. The average Bonchev–Trinajstić information content (AvgIpc) is 2.55. The fourth-order valence-corrected chi connectivity index (χ4v) is 1.44.